The molecule has 2 aliphatic rings. The normalized spacial score (nSPS) is 19.4. The molecule has 3 atom stereocenters. The van der Waals surface area contributed by atoms with Gasteiger partial charge in [-0.2, -0.15) is 0 Å². The fourth-order valence-corrected chi connectivity index (χ4v) is 5.93. The Morgan fingerprint density at radius 1 is 1.02 bits per heavy atom. The number of carbonyl (C=O) groups is 2. The molecule has 0 radical (unpaired) electrons. The van der Waals surface area contributed by atoms with E-state index in [1.165, 1.54) is 0 Å². The molecule has 2 aliphatic heterocycles. The number of hydrogen-bond acceptors (Lipinski definition) is 7. The molecular weight excluding hydrogens is 558 g/mol. The highest BCUT2D eigenvalue weighted by atomic mass is 16.6. The van der Waals surface area contributed by atoms with Crippen molar-refractivity contribution in [1.82, 2.24) is 15.0 Å². The van der Waals surface area contributed by atoms with Gasteiger partial charge in [0, 0.05) is 29.9 Å². The van der Waals surface area contributed by atoms with Gasteiger partial charge in [0.2, 0.25) is 0 Å². The third kappa shape index (κ3) is 5.49. The first kappa shape index (κ1) is 29.3. The second-order valence-electron chi connectivity index (χ2n) is 11.2. The zero-order valence-electron chi connectivity index (χ0n) is 24.5. The van der Waals surface area contributed by atoms with Gasteiger partial charge in [-0.05, 0) is 35.7 Å². The summed E-state index contributed by atoms with van der Waals surface area (Å²) in [6.07, 6.45) is 5.93. The van der Waals surface area contributed by atoms with E-state index in [1.807, 2.05) is 98.1 Å². The van der Waals surface area contributed by atoms with Crippen LogP contribution in [0.25, 0.3) is 0 Å². The molecule has 0 saturated carbocycles. The van der Waals surface area contributed by atoms with E-state index in [2.05, 4.69) is 10.3 Å². The minimum Gasteiger partial charge on any atom is -0.447 e. The smallest absolute Gasteiger partial charge is 0.414 e. The molecule has 3 heterocycles. The lowest BCUT2D eigenvalue weighted by Gasteiger charge is -2.27. The van der Waals surface area contributed by atoms with E-state index in [4.69, 9.17) is 4.74 Å². The highest BCUT2D eigenvalue weighted by molar-refractivity contribution is 6.07. The molecule has 1 aromatic heterocycles. The number of allylic oxidation sites excluding steroid dienone is 1. The first-order chi connectivity index (χ1) is 21.4. The maximum atomic E-state index is 13.8. The number of hydrogen-bond donors (Lipinski definition) is 2. The summed E-state index contributed by atoms with van der Waals surface area (Å²) in [5.74, 6) is -1.11. The summed E-state index contributed by atoms with van der Waals surface area (Å²) < 4.78 is 6.76. The Hall–Kier alpha value is -4.80. The number of cyclic esters (lactones) is 1. The van der Waals surface area contributed by atoms with Crippen LogP contribution < -0.4 is 9.80 Å². The summed E-state index contributed by atoms with van der Waals surface area (Å²) in [6.45, 7) is 3.50. The average Bonchev–Trinajstić information content (AvgIpc) is 3.75. The summed E-state index contributed by atoms with van der Waals surface area (Å²) in [7, 11) is 0. The lowest BCUT2D eigenvalue weighted by molar-refractivity contribution is -0.139. The van der Waals surface area contributed by atoms with Crippen LogP contribution in [0, 0.1) is 5.92 Å². The van der Waals surface area contributed by atoms with E-state index in [9.17, 15) is 19.8 Å². The number of aliphatic hydroxyl groups is 2. The number of para-hydroxylation sites is 1. The van der Waals surface area contributed by atoms with Gasteiger partial charge in [-0.25, -0.2) is 4.79 Å². The molecule has 4 aromatic rings. The summed E-state index contributed by atoms with van der Waals surface area (Å²) in [5, 5.41) is 30.3. The summed E-state index contributed by atoms with van der Waals surface area (Å²) in [6, 6.07) is 24.5. The Labute approximate surface area is 255 Å². The largest absolute Gasteiger partial charge is 0.447 e. The van der Waals surface area contributed by atoms with E-state index in [0.717, 1.165) is 16.8 Å². The van der Waals surface area contributed by atoms with Gasteiger partial charge in [0.25, 0.3) is 5.91 Å². The third-order valence-electron chi connectivity index (χ3n) is 8.43. The Bertz CT molecular complexity index is 1650. The lowest BCUT2D eigenvalue weighted by atomic mass is 9.83. The van der Waals surface area contributed by atoms with Crippen LogP contribution in [0.3, 0.4) is 0 Å². The highest BCUT2D eigenvalue weighted by Gasteiger charge is 2.52. The van der Waals surface area contributed by atoms with Gasteiger partial charge >= 0.3 is 6.09 Å². The van der Waals surface area contributed by atoms with Gasteiger partial charge in [0.1, 0.15) is 6.61 Å². The molecule has 3 aromatic carbocycles. The fourth-order valence-electron chi connectivity index (χ4n) is 5.93. The molecule has 1 saturated heterocycles. The molecule has 10 nitrogen and oxygen atoms in total. The molecule has 0 spiro atoms. The number of benzene rings is 3. The van der Waals surface area contributed by atoms with E-state index >= 15 is 0 Å². The standard InChI is InChI=1S/C34H35N5O5/c1-24(9-7-8-18-37-22-30(35-36-37)28(23-40)26-10-3-2-4-11-26)34(43)29-12-5-6-13-31(29)39(32(34)41)21-25-14-16-27(17-15-25)38-19-20-44-33(38)42/h2-7,9-17,22,24,28,40,43H,8,18-21,23H2,1H3/b9-7+/t24-,28?,34+/m1/s1. The van der Waals surface area contributed by atoms with Crippen LogP contribution in [0.4, 0.5) is 16.2 Å². The number of aryl methyl sites for hydroxylation is 1. The van der Waals surface area contributed by atoms with Crippen LogP contribution in [0.15, 0.2) is 97.2 Å². The number of nitrogens with zero attached hydrogens (tertiary/aromatic N) is 5. The molecule has 226 valence electrons. The Morgan fingerprint density at radius 3 is 2.50 bits per heavy atom. The van der Waals surface area contributed by atoms with Crippen molar-refractivity contribution in [3.8, 4) is 0 Å². The minimum atomic E-state index is -1.71. The second-order valence-corrected chi connectivity index (χ2v) is 11.2. The van der Waals surface area contributed by atoms with Gasteiger partial charge in [-0.3, -0.25) is 14.4 Å². The zero-order valence-corrected chi connectivity index (χ0v) is 24.5. The van der Waals surface area contributed by atoms with Crippen molar-refractivity contribution < 1.29 is 24.5 Å². The van der Waals surface area contributed by atoms with Crippen molar-refractivity contribution >= 4 is 23.4 Å². The number of aromatic nitrogens is 3. The van der Waals surface area contributed by atoms with Crippen LogP contribution in [0.1, 0.15) is 41.6 Å². The lowest BCUT2D eigenvalue weighted by Crippen LogP contribution is -2.44. The third-order valence-corrected chi connectivity index (χ3v) is 8.43. The number of anilines is 2. The summed E-state index contributed by atoms with van der Waals surface area (Å²) in [4.78, 5) is 29.0. The SMILES string of the molecule is C[C@H](/C=C/CCn1cc(C(CO)c2ccccc2)nn1)[C@@]1(O)C(=O)N(Cc2ccc(N3CCOC3=O)cc2)c2ccccc21. The molecule has 2 amide bonds. The zero-order chi connectivity index (χ0) is 30.7. The molecular formula is C34H35N5O5. The summed E-state index contributed by atoms with van der Waals surface area (Å²) in [5.41, 5.74) is 2.84. The molecule has 6 rings (SSSR count). The van der Waals surface area contributed by atoms with Crippen molar-refractivity contribution in [2.24, 2.45) is 5.92 Å². The van der Waals surface area contributed by atoms with Gasteiger partial charge in [0.05, 0.1) is 37.0 Å². The molecule has 1 unspecified atom stereocenters. The molecule has 0 bridgehead atoms. The van der Waals surface area contributed by atoms with E-state index in [1.54, 1.807) is 20.5 Å². The monoisotopic (exact) mass is 593 g/mol. The van der Waals surface area contributed by atoms with Gasteiger partial charge in [0.15, 0.2) is 5.60 Å². The van der Waals surface area contributed by atoms with Crippen molar-refractivity contribution in [2.45, 2.75) is 38.0 Å². The van der Waals surface area contributed by atoms with Crippen molar-refractivity contribution in [3.05, 3.63) is 120 Å². The number of carbonyl (C=O) groups excluding carboxylic acids is 2. The maximum absolute atomic E-state index is 13.8. The molecule has 44 heavy (non-hydrogen) atoms. The van der Waals surface area contributed by atoms with E-state index < -0.39 is 11.5 Å². The molecule has 10 heteroatoms. The van der Waals surface area contributed by atoms with Crippen LogP contribution in [-0.4, -0.2) is 57.0 Å². The van der Waals surface area contributed by atoms with Crippen LogP contribution in [-0.2, 0) is 28.2 Å². The Morgan fingerprint density at radius 2 is 1.77 bits per heavy atom. The van der Waals surface area contributed by atoms with Crippen molar-refractivity contribution in [3.63, 3.8) is 0 Å². The average molecular weight is 594 g/mol. The molecule has 1 fully saturated rings. The fraction of sp³-hybridized carbons (Fsp3) is 0.294. The first-order valence-electron chi connectivity index (χ1n) is 14.8. The highest BCUT2D eigenvalue weighted by Crippen LogP contribution is 2.45. The minimum absolute atomic E-state index is 0.0639. The van der Waals surface area contributed by atoms with E-state index in [0.29, 0.717) is 43.1 Å². The first-order valence-corrected chi connectivity index (χ1v) is 14.8. The number of ether oxygens (including phenoxy) is 1. The van der Waals surface area contributed by atoms with Gasteiger partial charge < -0.3 is 19.8 Å². The van der Waals surface area contributed by atoms with Crippen molar-refractivity contribution in [2.75, 3.05) is 29.6 Å². The summed E-state index contributed by atoms with van der Waals surface area (Å²) >= 11 is 0. The number of rotatable bonds is 11. The predicted molar refractivity (Wildman–Crippen MR) is 165 cm³/mol. The van der Waals surface area contributed by atoms with Gasteiger partial charge in [-0.1, -0.05) is 85.0 Å². The molecule has 0 aliphatic carbocycles. The quantitative estimate of drug-likeness (QED) is 0.248. The van der Waals surface area contributed by atoms with Crippen LogP contribution >= 0.6 is 0 Å². The van der Waals surface area contributed by atoms with Crippen LogP contribution in [0.2, 0.25) is 0 Å². The topological polar surface area (TPSA) is 121 Å². The number of amides is 2. The number of aliphatic hydroxyl groups excluding tert-OH is 1. The second kappa shape index (κ2) is 12.4. The van der Waals surface area contributed by atoms with Crippen molar-refractivity contribution in [1.29, 1.82) is 0 Å². The molecule has 2 N–H and O–H groups in total. The Kier molecular flexibility index (Phi) is 8.28. The maximum Gasteiger partial charge on any atom is 0.414 e. The van der Waals surface area contributed by atoms with E-state index in [-0.39, 0.29) is 31.1 Å². The van der Waals surface area contributed by atoms with Crippen LogP contribution in [0.5, 0.6) is 0 Å². The Balaban J connectivity index is 1.12. The van der Waals surface area contributed by atoms with Gasteiger partial charge in [-0.15, -0.1) is 5.10 Å². The number of fused-ring (bicyclic) bond motifs is 1. The predicted octanol–water partition coefficient (Wildman–Crippen LogP) is 4.38.